The number of carbonyl (C=O) groups excluding carboxylic acids is 1. The standard InChI is InChI=1S/C28H25N5O4/c1-3-15-32-18(2)26(28(36)33(32)19-7-5-4-6-8-19)27(35)31-25-12-10-21(17-30-25)37-24-13-14-29-23-16-20(34)9-11-22(23)24/h4-14,16-17,34H,3,15H2,1-2H3,(H,30,31,35). The van der Waals surface area contributed by atoms with E-state index < -0.39 is 5.91 Å². The van der Waals surface area contributed by atoms with Crippen LogP contribution in [0.3, 0.4) is 0 Å². The molecular formula is C28H25N5O4. The van der Waals surface area contributed by atoms with Gasteiger partial charge in [0.25, 0.3) is 11.5 Å². The number of fused-ring (bicyclic) bond motifs is 1. The van der Waals surface area contributed by atoms with Gasteiger partial charge >= 0.3 is 0 Å². The predicted molar refractivity (Wildman–Crippen MR) is 141 cm³/mol. The Morgan fingerprint density at radius 1 is 1.05 bits per heavy atom. The molecule has 0 bridgehead atoms. The van der Waals surface area contributed by atoms with Gasteiger partial charge in [-0.25, -0.2) is 9.67 Å². The van der Waals surface area contributed by atoms with Crippen molar-refractivity contribution in [1.29, 1.82) is 0 Å². The number of phenols is 1. The van der Waals surface area contributed by atoms with Gasteiger partial charge < -0.3 is 15.2 Å². The fraction of sp³-hybridized carbons (Fsp3) is 0.143. The monoisotopic (exact) mass is 495 g/mol. The first-order valence-corrected chi connectivity index (χ1v) is 11.9. The van der Waals surface area contributed by atoms with E-state index in [9.17, 15) is 14.7 Å². The third-order valence-electron chi connectivity index (χ3n) is 5.95. The number of phenolic OH excluding ortho intramolecular Hbond substituents is 1. The molecule has 37 heavy (non-hydrogen) atoms. The molecule has 5 rings (SSSR count). The number of amides is 1. The lowest BCUT2D eigenvalue weighted by atomic mass is 10.2. The summed E-state index contributed by atoms with van der Waals surface area (Å²) in [6.45, 7) is 4.39. The van der Waals surface area contributed by atoms with E-state index in [1.807, 2.05) is 41.9 Å². The molecule has 2 aromatic carbocycles. The van der Waals surface area contributed by atoms with Crippen LogP contribution in [-0.2, 0) is 6.54 Å². The molecule has 9 heteroatoms. The third kappa shape index (κ3) is 4.66. The summed E-state index contributed by atoms with van der Waals surface area (Å²) >= 11 is 0. The molecule has 3 aromatic heterocycles. The topological polar surface area (TPSA) is 111 Å². The van der Waals surface area contributed by atoms with Crippen LogP contribution >= 0.6 is 0 Å². The summed E-state index contributed by atoms with van der Waals surface area (Å²) < 4.78 is 9.32. The number of pyridine rings is 2. The molecule has 0 fully saturated rings. The van der Waals surface area contributed by atoms with Gasteiger partial charge in [0.2, 0.25) is 0 Å². The van der Waals surface area contributed by atoms with Crippen molar-refractivity contribution in [3.8, 4) is 22.9 Å². The highest BCUT2D eigenvalue weighted by molar-refractivity contribution is 6.04. The van der Waals surface area contributed by atoms with E-state index >= 15 is 0 Å². The van der Waals surface area contributed by atoms with Gasteiger partial charge in [-0.15, -0.1) is 0 Å². The van der Waals surface area contributed by atoms with Crippen LogP contribution in [0.1, 0.15) is 29.4 Å². The highest BCUT2D eigenvalue weighted by atomic mass is 16.5. The first-order valence-electron chi connectivity index (χ1n) is 11.9. The molecule has 0 aliphatic rings. The molecule has 1 amide bonds. The second-order valence-electron chi connectivity index (χ2n) is 8.48. The van der Waals surface area contributed by atoms with E-state index in [2.05, 4.69) is 15.3 Å². The number of ether oxygens (including phenoxy) is 1. The number of carbonyl (C=O) groups is 1. The second-order valence-corrected chi connectivity index (χ2v) is 8.48. The number of aromatic hydroxyl groups is 1. The Balaban J connectivity index is 1.38. The average molecular weight is 496 g/mol. The molecule has 0 aliphatic carbocycles. The maximum absolute atomic E-state index is 13.3. The summed E-state index contributed by atoms with van der Waals surface area (Å²) in [4.78, 5) is 35.0. The third-order valence-corrected chi connectivity index (χ3v) is 5.95. The molecule has 0 radical (unpaired) electrons. The lowest BCUT2D eigenvalue weighted by molar-refractivity contribution is 0.102. The average Bonchev–Trinajstić information content (AvgIpc) is 3.15. The smallest absolute Gasteiger partial charge is 0.284 e. The van der Waals surface area contributed by atoms with Crippen LogP contribution in [0.5, 0.6) is 17.2 Å². The minimum Gasteiger partial charge on any atom is -0.508 e. The Morgan fingerprint density at radius 2 is 1.86 bits per heavy atom. The van der Waals surface area contributed by atoms with E-state index in [4.69, 9.17) is 4.74 Å². The van der Waals surface area contributed by atoms with Crippen LogP contribution in [0, 0.1) is 6.92 Å². The van der Waals surface area contributed by atoms with Crippen LogP contribution in [0.4, 0.5) is 5.82 Å². The molecule has 3 heterocycles. The minimum atomic E-state index is -0.525. The van der Waals surface area contributed by atoms with Crippen molar-refractivity contribution in [3.05, 3.63) is 101 Å². The summed E-state index contributed by atoms with van der Waals surface area (Å²) in [5.74, 6) is 0.890. The molecule has 2 N–H and O–H groups in total. The summed E-state index contributed by atoms with van der Waals surface area (Å²) in [6, 6.07) is 19.1. The zero-order chi connectivity index (χ0) is 25.9. The Morgan fingerprint density at radius 3 is 2.59 bits per heavy atom. The van der Waals surface area contributed by atoms with Crippen molar-refractivity contribution in [2.24, 2.45) is 0 Å². The molecule has 0 spiro atoms. The maximum Gasteiger partial charge on any atom is 0.284 e. The van der Waals surface area contributed by atoms with Gasteiger partial charge in [0.15, 0.2) is 0 Å². The van der Waals surface area contributed by atoms with Gasteiger partial charge in [0.05, 0.1) is 23.1 Å². The molecule has 0 unspecified atom stereocenters. The quantitative estimate of drug-likeness (QED) is 0.327. The second kappa shape index (κ2) is 9.98. The zero-order valence-electron chi connectivity index (χ0n) is 20.4. The summed E-state index contributed by atoms with van der Waals surface area (Å²) in [5.41, 5.74) is 1.57. The molecule has 0 saturated carbocycles. The first kappa shape index (κ1) is 23.8. The van der Waals surface area contributed by atoms with Crippen LogP contribution in [0.15, 0.2) is 83.9 Å². The molecule has 0 aliphatic heterocycles. The predicted octanol–water partition coefficient (Wildman–Crippen LogP) is 5.05. The van der Waals surface area contributed by atoms with Gasteiger partial charge in [0, 0.05) is 24.2 Å². The molecule has 0 atom stereocenters. The van der Waals surface area contributed by atoms with Gasteiger partial charge in [0.1, 0.15) is 28.6 Å². The van der Waals surface area contributed by atoms with E-state index in [1.54, 1.807) is 49.5 Å². The number of nitrogens with zero attached hydrogens (tertiary/aromatic N) is 4. The molecule has 5 aromatic rings. The van der Waals surface area contributed by atoms with E-state index in [1.165, 1.54) is 10.9 Å². The van der Waals surface area contributed by atoms with Crippen molar-refractivity contribution in [2.45, 2.75) is 26.8 Å². The Kier molecular flexibility index (Phi) is 6.42. The number of aromatic nitrogens is 4. The number of nitrogens with one attached hydrogen (secondary N) is 1. The fourth-order valence-electron chi connectivity index (χ4n) is 4.24. The lowest BCUT2D eigenvalue weighted by Gasteiger charge is -2.12. The van der Waals surface area contributed by atoms with Gasteiger partial charge in [-0.2, -0.15) is 0 Å². The number of para-hydroxylation sites is 1. The minimum absolute atomic E-state index is 0.0749. The van der Waals surface area contributed by atoms with E-state index in [0.717, 1.165) is 11.8 Å². The van der Waals surface area contributed by atoms with Crippen molar-refractivity contribution >= 4 is 22.6 Å². The van der Waals surface area contributed by atoms with Crippen molar-refractivity contribution in [3.63, 3.8) is 0 Å². The van der Waals surface area contributed by atoms with Crippen molar-refractivity contribution < 1.29 is 14.6 Å². The zero-order valence-corrected chi connectivity index (χ0v) is 20.4. The van der Waals surface area contributed by atoms with E-state index in [0.29, 0.717) is 34.9 Å². The summed E-state index contributed by atoms with van der Waals surface area (Å²) in [5, 5.41) is 13.2. The fourth-order valence-corrected chi connectivity index (χ4v) is 4.24. The number of rotatable bonds is 7. The Hall–Kier alpha value is -4.92. The highest BCUT2D eigenvalue weighted by Crippen LogP contribution is 2.30. The van der Waals surface area contributed by atoms with Crippen LogP contribution < -0.4 is 15.6 Å². The Labute approximate surface area is 212 Å². The SMILES string of the molecule is CCCn1c(C)c(C(=O)Nc2ccc(Oc3ccnc4cc(O)ccc34)cn2)c(=O)n1-c1ccccc1. The van der Waals surface area contributed by atoms with E-state index in [-0.39, 0.29) is 22.7 Å². The van der Waals surface area contributed by atoms with Crippen molar-refractivity contribution in [2.75, 3.05) is 5.32 Å². The largest absolute Gasteiger partial charge is 0.508 e. The van der Waals surface area contributed by atoms with Crippen LogP contribution in [0.2, 0.25) is 0 Å². The Bertz CT molecular complexity index is 1640. The van der Waals surface area contributed by atoms with Crippen molar-refractivity contribution in [1.82, 2.24) is 19.3 Å². The lowest BCUT2D eigenvalue weighted by Crippen LogP contribution is -2.26. The first-order chi connectivity index (χ1) is 18.0. The summed E-state index contributed by atoms with van der Waals surface area (Å²) in [7, 11) is 0. The number of hydrogen-bond acceptors (Lipinski definition) is 6. The van der Waals surface area contributed by atoms with Gasteiger partial charge in [-0.1, -0.05) is 25.1 Å². The summed E-state index contributed by atoms with van der Waals surface area (Å²) in [6.07, 6.45) is 3.88. The molecule has 0 saturated heterocycles. The molecular weight excluding hydrogens is 470 g/mol. The van der Waals surface area contributed by atoms with Gasteiger partial charge in [-0.05, 0) is 55.8 Å². The maximum atomic E-state index is 13.3. The molecule has 9 nitrogen and oxygen atoms in total. The molecule has 186 valence electrons. The number of anilines is 1. The van der Waals surface area contributed by atoms with Crippen LogP contribution in [-0.4, -0.2) is 30.3 Å². The highest BCUT2D eigenvalue weighted by Gasteiger charge is 2.23. The normalized spacial score (nSPS) is 11.0. The number of hydrogen-bond donors (Lipinski definition) is 2. The van der Waals surface area contributed by atoms with Crippen LogP contribution in [0.25, 0.3) is 16.6 Å². The number of benzene rings is 2. The van der Waals surface area contributed by atoms with Gasteiger partial charge in [-0.3, -0.25) is 19.3 Å².